The summed E-state index contributed by atoms with van der Waals surface area (Å²) in [7, 11) is -3.34. The van der Waals surface area contributed by atoms with Gasteiger partial charge in [0, 0.05) is 18.8 Å². The zero-order valence-electron chi connectivity index (χ0n) is 11.2. The molecule has 0 N–H and O–H groups in total. The van der Waals surface area contributed by atoms with E-state index in [1.54, 1.807) is 6.07 Å². The summed E-state index contributed by atoms with van der Waals surface area (Å²) in [6, 6.07) is 5.60. The van der Waals surface area contributed by atoms with Crippen molar-refractivity contribution in [3.05, 3.63) is 28.2 Å². The van der Waals surface area contributed by atoms with Gasteiger partial charge in [0.25, 0.3) is 10.1 Å². The summed E-state index contributed by atoms with van der Waals surface area (Å²) in [5.41, 5.74) is 1.05. The average molecular weight is 338 g/mol. The van der Waals surface area contributed by atoms with Crippen LogP contribution in [0.5, 0.6) is 0 Å². The zero-order chi connectivity index (χ0) is 14.8. The molecule has 1 aromatic rings. The third-order valence-electron chi connectivity index (χ3n) is 3.38. The highest BCUT2D eigenvalue weighted by Gasteiger charge is 2.23. The van der Waals surface area contributed by atoms with Crippen molar-refractivity contribution in [1.29, 1.82) is 0 Å². The van der Waals surface area contributed by atoms with Crippen molar-refractivity contribution in [2.75, 3.05) is 30.9 Å². The van der Waals surface area contributed by atoms with E-state index in [0.717, 1.165) is 37.9 Å². The van der Waals surface area contributed by atoms with Gasteiger partial charge in [0.2, 0.25) is 0 Å². The van der Waals surface area contributed by atoms with Crippen LogP contribution < -0.4 is 4.90 Å². The lowest BCUT2D eigenvalue weighted by molar-refractivity contribution is 0.290. The van der Waals surface area contributed by atoms with E-state index in [1.807, 2.05) is 12.1 Å². The monoisotopic (exact) mass is 337 g/mol. The predicted octanol–water partition coefficient (Wildman–Crippen LogP) is 3.19. The SMILES string of the molecule is CS(=O)(=O)OCCC1CCN(c2ccc(Cl)c(Cl)c2)C1. The molecule has 1 aliphatic rings. The molecule has 7 heteroatoms. The highest BCUT2D eigenvalue weighted by atomic mass is 35.5. The molecule has 1 unspecified atom stereocenters. The van der Waals surface area contributed by atoms with Crippen molar-refractivity contribution in [3.8, 4) is 0 Å². The summed E-state index contributed by atoms with van der Waals surface area (Å²) in [6.45, 7) is 2.06. The van der Waals surface area contributed by atoms with Crippen LogP contribution in [-0.2, 0) is 14.3 Å². The molecule has 0 aromatic heterocycles. The minimum atomic E-state index is -3.34. The van der Waals surface area contributed by atoms with Gasteiger partial charge >= 0.3 is 0 Å². The topological polar surface area (TPSA) is 46.6 Å². The second-order valence-electron chi connectivity index (χ2n) is 5.01. The maximum Gasteiger partial charge on any atom is 0.264 e. The van der Waals surface area contributed by atoms with E-state index < -0.39 is 10.1 Å². The molecule has 0 radical (unpaired) electrons. The quantitative estimate of drug-likeness (QED) is 0.774. The molecular weight excluding hydrogens is 321 g/mol. The van der Waals surface area contributed by atoms with Crippen LogP contribution in [0.3, 0.4) is 0 Å². The first-order valence-corrected chi connectivity index (χ1v) is 8.97. The lowest BCUT2D eigenvalue weighted by atomic mass is 10.1. The van der Waals surface area contributed by atoms with Gasteiger partial charge in [-0.05, 0) is 37.0 Å². The molecule has 2 rings (SSSR count). The Bertz CT molecular complexity index is 577. The molecule has 0 amide bonds. The Balaban J connectivity index is 1.87. The summed E-state index contributed by atoms with van der Waals surface area (Å²) in [6.07, 6.45) is 2.84. The molecule has 0 aliphatic carbocycles. The molecule has 0 bridgehead atoms. The van der Waals surface area contributed by atoms with E-state index in [4.69, 9.17) is 27.4 Å². The Hall–Kier alpha value is -0.490. The van der Waals surface area contributed by atoms with Crippen molar-refractivity contribution in [2.24, 2.45) is 5.92 Å². The van der Waals surface area contributed by atoms with Crippen LogP contribution in [0.25, 0.3) is 0 Å². The van der Waals surface area contributed by atoms with Crippen molar-refractivity contribution < 1.29 is 12.6 Å². The van der Waals surface area contributed by atoms with Gasteiger partial charge in [-0.3, -0.25) is 4.18 Å². The van der Waals surface area contributed by atoms with Crippen molar-refractivity contribution in [3.63, 3.8) is 0 Å². The van der Waals surface area contributed by atoms with Gasteiger partial charge in [-0.15, -0.1) is 0 Å². The Morgan fingerprint density at radius 1 is 1.35 bits per heavy atom. The minimum Gasteiger partial charge on any atom is -0.371 e. The molecule has 1 heterocycles. The summed E-state index contributed by atoms with van der Waals surface area (Å²) in [5, 5.41) is 1.10. The number of benzene rings is 1. The van der Waals surface area contributed by atoms with Gasteiger partial charge in [0.05, 0.1) is 22.9 Å². The normalized spacial score (nSPS) is 19.6. The third kappa shape index (κ3) is 4.52. The average Bonchev–Trinajstić information content (AvgIpc) is 2.80. The second-order valence-corrected chi connectivity index (χ2v) is 7.47. The fourth-order valence-corrected chi connectivity index (χ4v) is 3.04. The van der Waals surface area contributed by atoms with Crippen LogP contribution >= 0.6 is 23.2 Å². The van der Waals surface area contributed by atoms with Crippen LogP contribution in [0.1, 0.15) is 12.8 Å². The van der Waals surface area contributed by atoms with Gasteiger partial charge in [-0.25, -0.2) is 0 Å². The fourth-order valence-electron chi connectivity index (χ4n) is 2.35. The Morgan fingerprint density at radius 2 is 2.10 bits per heavy atom. The number of hydrogen-bond donors (Lipinski definition) is 0. The summed E-state index contributed by atoms with van der Waals surface area (Å²) in [5.74, 6) is 0.436. The maximum absolute atomic E-state index is 10.9. The number of halogens is 2. The first-order chi connectivity index (χ1) is 9.35. The van der Waals surface area contributed by atoms with Gasteiger partial charge in [-0.1, -0.05) is 23.2 Å². The Labute approximate surface area is 129 Å². The molecule has 1 saturated heterocycles. The van der Waals surface area contributed by atoms with E-state index in [9.17, 15) is 8.42 Å². The highest BCUT2D eigenvalue weighted by Crippen LogP contribution is 2.31. The lowest BCUT2D eigenvalue weighted by Gasteiger charge is -2.19. The summed E-state index contributed by atoms with van der Waals surface area (Å²) < 4.78 is 26.6. The Morgan fingerprint density at radius 3 is 2.75 bits per heavy atom. The molecule has 20 heavy (non-hydrogen) atoms. The van der Waals surface area contributed by atoms with Gasteiger partial charge in [0.1, 0.15) is 0 Å². The lowest BCUT2D eigenvalue weighted by Crippen LogP contribution is -2.20. The van der Waals surface area contributed by atoms with Gasteiger partial charge < -0.3 is 4.90 Å². The van der Waals surface area contributed by atoms with E-state index in [2.05, 4.69) is 4.90 Å². The molecule has 1 atom stereocenters. The summed E-state index contributed by atoms with van der Waals surface area (Å²) >= 11 is 11.9. The third-order valence-corrected chi connectivity index (χ3v) is 4.71. The number of anilines is 1. The zero-order valence-corrected chi connectivity index (χ0v) is 13.5. The molecule has 0 saturated carbocycles. The van der Waals surface area contributed by atoms with Crippen molar-refractivity contribution in [1.82, 2.24) is 0 Å². The van der Waals surface area contributed by atoms with E-state index >= 15 is 0 Å². The first-order valence-electron chi connectivity index (χ1n) is 6.39. The summed E-state index contributed by atoms with van der Waals surface area (Å²) in [4.78, 5) is 2.23. The van der Waals surface area contributed by atoms with E-state index in [0.29, 0.717) is 16.0 Å². The Kier molecular flexibility index (Phi) is 5.18. The molecule has 112 valence electrons. The maximum atomic E-state index is 10.9. The number of hydrogen-bond acceptors (Lipinski definition) is 4. The van der Waals surface area contributed by atoms with E-state index in [1.165, 1.54) is 0 Å². The van der Waals surface area contributed by atoms with Crippen LogP contribution in [0.4, 0.5) is 5.69 Å². The second kappa shape index (κ2) is 6.52. The van der Waals surface area contributed by atoms with Crippen molar-refractivity contribution >= 4 is 39.0 Å². The van der Waals surface area contributed by atoms with Crippen LogP contribution in [0, 0.1) is 5.92 Å². The molecule has 1 aliphatic heterocycles. The molecular formula is C13H17Cl2NO3S. The smallest absolute Gasteiger partial charge is 0.264 e. The van der Waals surface area contributed by atoms with Gasteiger partial charge in [0.15, 0.2) is 0 Å². The number of nitrogens with zero attached hydrogens (tertiary/aromatic N) is 1. The predicted molar refractivity (Wildman–Crippen MR) is 82.2 cm³/mol. The fraction of sp³-hybridized carbons (Fsp3) is 0.538. The standard InChI is InChI=1S/C13H17Cl2NO3S/c1-20(17,18)19-7-5-10-4-6-16(9-10)11-2-3-12(14)13(15)8-11/h2-3,8,10H,4-7,9H2,1H3. The minimum absolute atomic E-state index is 0.249. The van der Waals surface area contributed by atoms with Crippen LogP contribution in [-0.4, -0.2) is 34.4 Å². The van der Waals surface area contributed by atoms with Crippen molar-refractivity contribution in [2.45, 2.75) is 12.8 Å². The highest BCUT2D eigenvalue weighted by molar-refractivity contribution is 7.85. The van der Waals surface area contributed by atoms with E-state index in [-0.39, 0.29) is 6.61 Å². The molecule has 0 spiro atoms. The molecule has 1 fully saturated rings. The molecule has 1 aromatic carbocycles. The van der Waals surface area contributed by atoms with Gasteiger partial charge in [-0.2, -0.15) is 8.42 Å². The molecule has 4 nitrogen and oxygen atoms in total. The number of rotatable bonds is 5. The van der Waals surface area contributed by atoms with Crippen LogP contribution in [0.2, 0.25) is 10.0 Å². The van der Waals surface area contributed by atoms with Crippen LogP contribution in [0.15, 0.2) is 18.2 Å². The first kappa shape index (κ1) is 15.9. The largest absolute Gasteiger partial charge is 0.371 e.